The fourth-order valence-corrected chi connectivity index (χ4v) is 6.99. The minimum Gasteiger partial charge on any atom is -0.306 e. The van der Waals surface area contributed by atoms with Crippen LogP contribution in [0.2, 0.25) is 0 Å². The molecule has 7 heteroatoms. The van der Waals surface area contributed by atoms with Crippen LogP contribution in [-0.4, -0.2) is 74.9 Å². The predicted molar refractivity (Wildman–Crippen MR) is 104 cm³/mol. The highest BCUT2D eigenvalue weighted by Gasteiger charge is 2.39. The van der Waals surface area contributed by atoms with Crippen LogP contribution in [0.1, 0.15) is 38.5 Å². The molecule has 3 rings (SSSR count). The lowest BCUT2D eigenvalue weighted by Crippen LogP contribution is -2.56. The molecule has 0 spiro atoms. The van der Waals surface area contributed by atoms with Crippen molar-refractivity contribution in [3.05, 3.63) is 17.5 Å². The van der Waals surface area contributed by atoms with Crippen molar-refractivity contribution in [3.63, 3.8) is 0 Å². The van der Waals surface area contributed by atoms with Crippen LogP contribution in [0.5, 0.6) is 0 Å². The van der Waals surface area contributed by atoms with E-state index in [1.807, 2.05) is 11.4 Å². The molecule has 0 radical (unpaired) electrons. The van der Waals surface area contributed by atoms with Gasteiger partial charge in [0.25, 0.3) is 10.0 Å². The number of nitrogens with zero attached hydrogens (tertiary/aromatic N) is 3. The fourth-order valence-electron chi connectivity index (χ4n) is 4.39. The van der Waals surface area contributed by atoms with Gasteiger partial charge in [-0.05, 0) is 64.3 Å². The maximum atomic E-state index is 13.0. The standard InChI is InChI=1S/C18H31N3O2S2/c1-19-12-10-15(11-13-19)20(2)16-7-4-5-8-17(16)21(3)25(22,23)18-9-6-14-24-18/h6,9,14-17H,4-5,7-8,10-13H2,1-3H3/t16-,17+/m0/s1. The van der Waals surface area contributed by atoms with Crippen LogP contribution in [0, 0.1) is 0 Å². The van der Waals surface area contributed by atoms with Crippen LogP contribution < -0.4 is 0 Å². The van der Waals surface area contributed by atoms with Gasteiger partial charge >= 0.3 is 0 Å². The lowest BCUT2D eigenvalue weighted by Gasteiger charge is -2.46. The SMILES string of the molecule is CN1CCC(N(C)[C@H]2CCCC[C@H]2N(C)S(=O)(=O)c2cccs2)CC1. The second-order valence-electron chi connectivity index (χ2n) is 7.57. The van der Waals surface area contributed by atoms with E-state index in [9.17, 15) is 8.42 Å². The number of thiophene rings is 1. The summed E-state index contributed by atoms with van der Waals surface area (Å²) in [6.07, 6.45) is 6.73. The van der Waals surface area contributed by atoms with Crippen LogP contribution in [0.3, 0.4) is 0 Å². The summed E-state index contributed by atoms with van der Waals surface area (Å²) in [6, 6.07) is 4.50. The molecule has 2 atom stereocenters. The van der Waals surface area contributed by atoms with Gasteiger partial charge in [-0.25, -0.2) is 8.42 Å². The molecular weight excluding hydrogens is 354 g/mol. The summed E-state index contributed by atoms with van der Waals surface area (Å²) in [7, 11) is 2.79. The number of sulfonamides is 1. The number of rotatable bonds is 5. The van der Waals surface area contributed by atoms with Gasteiger partial charge in [-0.1, -0.05) is 18.9 Å². The Balaban J connectivity index is 1.76. The van der Waals surface area contributed by atoms with Crippen molar-refractivity contribution < 1.29 is 8.42 Å². The van der Waals surface area contributed by atoms with Crippen molar-refractivity contribution in [1.82, 2.24) is 14.1 Å². The monoisotopic (exact) mass is 385 g/mol. The maximum absolute atomic E-state index is 13.0. The smallest absolute Gasteiger partial charge is 0.252 e. The van der Waals surface area contributed by atoms with E-state index in [1.54, 1.807) is 17.4 Å². The third-order valence-electron chi connectivity index (χ3n) is 6.08. The average molecular weight is 386 g/mol. The molecule has 1 aliphatic heterocycles. The normalized spacial score (nSPS) is 27.2. The van der Waals surface area contributed by atoms with E-state index in [0.717, 1.165) is 32.4 Å². The zero-order valence-electron chi connectivity index (χ0n) is 15.6. The molecule has 1 aromatic heterocycles. The zero-order chi connectivity index (χ0) is 18.0. The molecule has 2 heterocycles. The molecule has 2 fully saturated rings. The molecule has 0 amide bonds. The minimum atomic E-state index is -3.38. The second-order valence-corrected chi connectivity index (χ2v) is 10.7. The van der Waals surface area contributed by atoms with Gasteiger partial charge in [0.05, 0.1) is 0 Å². The second kappa shape index (κ2) is 8.05. The van der Waals surface area contributed by atoms with Crippen LogP contribution in [-0.2, 0) is 10.0 Å². The van der Waals surface area contributed by atoms with Crippen molar-refractivity contribution in [2.24, 2.45) is 0 Å². The molecule has 5 nitrogen and oxygen atoms in total. The molecule has 1 aliphatic carbocycles. The molecule has 25 heavy (non-hydrogen) atoms. The summed E-state index contributed by atoms with van der Waals surface area (Å²) in [5.41, 5.74) is 0. The summed E-state index contributed by atoms with van der Waals surface area (Å²) in [5.74, 6) is 0. The van der Waals surface area contributed by atoms with E-state index in [1.165, 1.54) is 30.6 Å². The van der Waals surface area contributed by atoms with Gasteiger partial charge in [0.1, 0.15) is 4.21 Å². The average Bonchev–Trinajstić information content (AvgIpc) is 3.16. The molecular formula is C18H31N3O2S2. The quantitative estimate of drug-likeness (QED) is 0.782. The van der Waals surface area contributed by atoms with Gasteiger partial charge in [-0.2, -0.15) is 4.31 Å². The Kier molecular flexibility index (Phi) is 6.21. The first kappa shape index (κ1) is 19.3. The number of likely N-dealkylation sites (tertiary alicyclic amines) is 1. The van der Waals surface area contributed by atoms with Crippen LogP contribution >= 0.6 is 11.3 Å². The topological polar surface area (TPSA) is 43.9 Å². The molecule has 0 bridgehead atoms. The lowest BCUT2D eigenvalue weighted by atomic mass is 9.87. The van der Waals surface area contributed by atoms with E-state index in [-0.39, 0.29) is 6.04 Å². The highest BCUT2D eigenvalue weighted by molar-refractivity contribution is 7.91. The third-order valence-corrected chi connectivity index (χ3v) is 9.33. The number of hydrogen-bond acceptors (Lipinski definition) is 5. The molecule has 0 N–H and O–H groups in total. The Morgan fingerprint density at radius 1 is 1.08 bits per heavy atom. The van der Waals surface area contributed by atoms with Crippen LogP contribution in [0.25, 0.3) is 0 Å². The fraction of sp³-hybridized carbons (Fsp3) is 0.778. The minimum absolute atomic E-state index is 0.0745. The third kappa shape index (κ3) is 4.11. The van der Waals surface area contributed by atoms with Gasteiger partial charge < -0.3 is 4.90 Å². The molecule has 1 saturated heterocycles. The highest BCUT2D eigenvalue weighted by Crippen LogP contribution is 2.32. The molecule has 1 saturated carbocycles. The first-order valence-corrected chi connectivity index (χ1v) is 11.6. The molecule has 0 unspecified atom stereocenters. The van der Waals surface area contributed by atoms with E-state index >= 15 is 0 Å². The maximum Gasteiger partial charge on any atom is 0.252 e. The first-order valence-electron chi connectivity index (χ1n) is 9.33. The Morgan fingerprint density at radius 2 is 1.72 bits per heavy atom. The van der Waals surface area contributed by atoms with E-state index in [4.69, 9.17) is 0 Å². The Labute approximate surface area is 156 Å². The molecule has 2 aliphatic rings. The summed E-state index contributed by atoms with van der Waals surface area (Å²) < 4.78 is 28.1. The predicted octanol–water partition coefficient (Wildman–Crippen LogP) is 2.71. The van der Waals surface area contributed by atoms with E-state index < -0.39 is 10.0 Å². The van der Waals surface area contributed by atoms with Gasteiger partial charge in [0.2, 0.25) is 0 Å². The Hall–Kier alpha value is -0.470. The zero-order valence-corrected chi connectivity index (χ0v) is 17.2. The lowest BCUT2D eigenvalue weighted by molar-refractivity contribution is 0.0534. The van der Waals surface area contributed by atoms with Crippen molar-refractivity contribution in [3.8, 4) is 0 Å². The van der Waals surface area contributed by atoms with Crippen molar-refractivity contribution in [2.45, 2.75) is 60.9 Å². The van der Waals surface area contributed by atoms with Crippen molar-refractivity contribution in [1.29, 1.82) is 0 Å². The number of piperidine rings is 1. The van der Waals surface area contributed by atoms with E-state index in [0.29, 0.717) is 16.3 Å². The first-order chi connectivity index (χ1) is 11.9. The van der Waals surface area contributed by atoms with Crippen LogP contribution in [0.15, 0.2) is 21.7 Å². The van der Waals surface area contributed by atoms with Gasteiger partial charge in [-0.3, -0.25) is 4.90 Å². The van der Waals surface area contributed by atoms with Crippen molar-refractivity contribution in [2.75, 3.05) is 34.2 Å². The Morgan fingerprint density at radius 3 is 2.32 bits per heavy atom. The Bertz CT molecular complexity index is 639. The van der Waals surface area contributed by atoms with Crippen molar-refractivity contribution >= 4 is 21.4 Å². The number of hydrogen-bond donors (Lipinski definition) is 0. The van der Waals surface area contributed by atoms with Gasteiger partial charge in [-0.15, -0.1) is 11.3 Å². The van der Waals surface area contributed by atoms with Crippen LogP contribution in [0.4, 0.5) is 0 Å². The number of likely N-dealkylation sites (N-methyl/N-ethyl adjacent to an activating group) is 2. The molecule has 0 aromatic carbocycles. The van der Waals surface area contributed by atoms with Gasteiger partial charge in [0.15, 0.2) is 0 Å². The van der Waals surface area contributed by atoms with Gasteiger partial charge in [0, 0.05) is 25.2 Å². The summed E-state index contributed by atoms with van der Waals surface area (Å²) in [4.78, 5) is 4.88. The largest absolute Gasteiger partial charge is 0.306 e. The molecule has 1 aromatic rings. The molecule has 142 valence electrons. The van der Waals surface area contributed by atoms with E-state index in [2.05, 4.69) is 23.9 Å². The summed E-state index contributed by atoms with van der Waals surface area (Å²) in [6.45, 7) is 2.27. The highest BCUT2D eigenvalue weighted by atomic mass is 32.2. The summed E-state index contributed by atoms with van der Waals surface area (Å²) in [5, 5.41) is 1.84. The summed E-state index contributed by atoms with van der Waals surface area (Å²) >= 11 is 1.31.